The molecule has 1 atom stereocenters. The largest absolute Gasteiger partial charge is 1.00 e. The Hall–Kier alpha value is -0.740. The Balaban J connectivity index is -0.000000143. The standard InChI is InChI=1S/C3H5ClO2.C3H3ClO2/c2*1-2(4)3(5)6/h2H,1H3,(H,5,6);1H2,(H,5,6)/p-1/t2-;/m0./s1. The van der Waals surface area contributed by atoms with E-state index in [1.54, 1.807) is 0 Å². The van der Waals surface area contributed by atoms with Crippen molar-refractivity contribution in [2.75, 3.05) is 0 Å². The highest BCUT2D eigenvalue weighted by Gasteiger charge is 1.90. The van der Waals surface area contributed by atoms with Crippen LogP contribution in [-0.4, -0.2) is 17.3 Å². The summed E-state index contributed by atoms with van der Waals surface area (Å²) in [5.41, 5.74) is 0. The van der Waals surface area contributed by atoms with E-state index >= 15 is 0 Å². The van der Waals surface area contributed by atoms with Crippen molar-refractivity contribution in [1.29, 1.82) is 0 Å². The molecule has 0 aliphatic heterocycles. The fraction of sp³-hybridized carbons (Fsp3) is 0.333. The van der Waals surface area contributed by atoms with E-state index in [1.807, 2.05) is 0 Å². The van der Waals surface area contributed by atoms with Gasteiger partial charge in [0.05, 0.1) is 22.3 Å². The van der Waals surface area contributed by atoms with Crippen molar-refractivity contribution >= 4 is 35.1 Å². The molecule has 0 aromatic heterocycles. The first-order chi connectivity index (χ1) is 5.29. The monoisotopic (exact) mass is 213 g/mol. The van der Waals surface area contributed by atoms with Gasteiger partial charge in [-0.05, 0) is 6.92 Å². The molecular weight excluding hydrogens is 207 g/mol. The molecule has 4 nitrogen and oxygen atoms in total. The first kappa shape index (κ1) is 13.8. The van der Waals surface area contributed by atoms with E-state index in [-0.39, 0.29) is 1.43 Å². The van der Waals surface area contributed by atoms with Crippen LogP contribution in [0.25, 0.3) is 0 Å². The first-order valence-corrected chi connectivity index (χ1v) is 3.51. The molecule has 0 spiro atoms. The number of carboxylic acid groups (broad SMARTS) is 2. The van der Waals surface area contributed by atoms with Crippen molar-refractivity contribution in [1.82, 2.24) is 0 Å². The number of carboxylic acids is 2. The van der Waals surface area contributed by atoms with E-state index in [4.69, 9.17) is 23.2 Å². The molecule has 0 heterocycles. The minimum atomic E-state index is -1.42. The average Bonchev–Trinajstić information content (AvgIpc) is 1.88. The molecule has 0 saturated carbocycles. The van der Waals surface area contributed by atoms with Crippen LogP contribution in [0.4, 0.5) is 0 Å². The SMILES string of the molecule is C=C(Cl)C(=O)[O-].C[C@H](Cl)C(=O)[O-].[H+]. The second-order valence-electron chi connectivity index (χ2n) is 1.63. The summed E-state index contributed by atoms with van der Waals surface area (Å²) in [4.78, 5) is 18.8. The molecule has 0 radical (unpaired) electrons. The second kappa shape index (κ2) is 6.94. The highest BCUT2D eigenvalue weighted by molar-refractivity contribution is 6.40. The zero-order valence-electron chi connectivity index (χ0n) is 7.17. The molecule has 12 heavy (non-hydrogen) atoms. The van der Waals surface area contributed by atoms with E-state index in [2.05, 4.69) is 6.58 Å². The van der Waals surface area contributed by atoms with Gasteiger partial charge < -0.3 is 19.8 Å². The molecule has 0 aromatic carbocycles. The number of hydrogen-bond donors (Lipinski definition) is 0. The lowest BCUT2D eigenvalue weighted by Gasteiger charge is -1.98. The number of aliphatic carboxylic acids is 2. The molecule has 0 rings (SSSR count). The van der Waals surface area contributed by atoms with E-state index in [0.717, 1.165) is 0 Å². The summed E-state index contributed by atoms with van der Waals surface area (Å²) in [5.74, 6) is -2.65. The van der Waals surface area contributed by atoms with Crippen LogP contribution in [0.1, 0.15) is 8.35 Å². The van der Waals surface area contributed by atoms with Gasteiger partial charge in [-0.15, -0.1) is 11.6 Å². The van der Waals surface area contributed by atoms with Gasteiger partial charge in [0.2, 0.25) is 0 Å². The van der Waals surface area contributed by atoms with Gasteiger partial charge in [-0.3, -0.25) is 0 Å². The molecule has 0 aromatic rings. The maximum Gasteiger partial charge on any atom is 1.00 e. The summed E-state index contributed by atoms with van der Waals surface area (Å²) < 4.78 is 0. The quantitative estimate of drug-likeness (QED) is 0.434. The zero-order chi connectivity index (χ0) is 10.3. The van der Waals surface area contributed by atoms with Crippen molar-refractivity contribution in [3.05, 3.63) is 11.6 Å². The lowest BCUT2D eigenvalue weighted by atomic mass is 10.5. The smallest absolute Gasteiger partial charge is 0.549 e. The Morgan fingerprint density at radius 1 is 1.50 bits per heavy atom. The second-order valence-corrected chi connectivity index (χ2v) is 2.74. The summed E-state index contributed by atoms with van der Waals surface area (Å²) >= 11 is 9.71. The number of alkyl halides is 1. The van der Waals surface area contributed by atoms with Crippen molar-refractivity contribution in [2.24, 2.45) is 0 Å². The van der Waals surface area contributed by atoms with Crippen LogP contribution in [0, 0.1) is 0 Å². The Labute approximate surface area is 80.9 Å². The van der Waals surface area contributed by atoms with Crippen molar-refractivity contribution in [3.8, 4) is 0 Å². The number of halogens is 2. The molecule has 0 saturated heterocycles. The van der Waals surface area contributed by atoms with Crippen LogP contribution in [0.5, 0.6) is 0 Å². The van der Waals surface area contributed by atoms with Crippen molar-refractivity contribution < 1.29 is 21.2 Å². The van der Waals surface area contributed by atoms with Crippen LogP contribution in [0.2, 0.25) is 0 Å². The molecule has 0 aliphatic rings. The third-order valence-corrected chi connectivity index (χ3v) is 0.879. The molecule has 6 heteroatoms. The van der Waals surface area contributed by atoms with Gasteiger partial charge in [0.25, 0.3) is 0 Å². The van der Waals surface area contributed by atoms with Gasteiger partial charge in [0.1, 0.15) is 0 Å². The van der Waals surface area contributed by atoms with Crippen LogP contribution in [0.15, 0.2) is 11.6 Å². The number of rotatable bonds is 2. The number of carbonyl (C=O) groups is 2. The Morgan fingerprint density at radius 3 is 1.67 bits per heavy atom. The van der Waals surface area contributed by atoms with Gasteiger partial charge in [0.15, 0.2) is 0 Å². The Morgan fingerprint density at radius 2 is 1.67 bits per heavy atom. The number of carbonyl (C=O) groups excluding carboxylic acids is 2. The van der Waals surface area contributed by atoms with Crippen molar-refractivity contribution in [3.63, 3.8) is 0 Å². The lowest BCUT2D eigenvalue weighted by Crippen LogP contribution is -2.29. The molecule has 0 bridgehead atoms. The topological polar surface area (TPSA) is 80.3 Å². The lowest BCUT2D eigenvalue weighted by molar-refractivity contribution is -0.304. The van der Waals surface area contributed by atoms with Gasteiger partial charge >= 0.3 is 1.43 Å². The molecule has 0 N–H and O–H groups in total. The summed E-state index contributed by atoms with van der Waals surface area (Å²) in [7, 11) is 0. The van der Waals surface area contributed by atoms with Crippen LogP contribution in [0.3, 0.4) is 0 Å². The summed E-state index contributed by atoms with van der Waals surface area (Å²) in [6.07, 6.45) is 0. The predicted molar refractivity (Wildman–Crippen MR) is 41.4 cm³/mol. The fourth-order valence-corrected chi connectivity index (χ4v) is 0. The first-order valence-electron chi connectivity index (χ1n) is 2.69. The summed E-state index contributed by atoms with van der Waals surface area (Å²) in [6.45, 7) is 4.20. The van der Waals surface area contributed by atoms with E-state index in [0.29, 0.717) is 0 Å². The predicted octanol–water partition coefficient (Wildman–Crippen LogP) is -1.04. The van der Waals surface area contributed by atoms with E-state index in [9.17, 15) is 19.8 Å². The minimum Gasteiger partial charge on any atom is -0.549 e. The third-order valence-electron chi connectivity index (χ3n) is 0.546. The van der Waals surface area contributed by atoms with E-state index in [1.165, 1.54) is 6.92 Å². The molecule has 0 unspecified atom stereocenters. The van der Waals surface area contributed by atoms with Gasteiger partial charge in [-0.25, -0.2) is 0 Å². The molecule has 0 aliphatic carbocycles. The maximum absolute atomic E-state index is 9.46. The molecule has 70 valence electrons. The van der Waals surface area contributed by atoms with Gasteiger partial charge in [0, 0.05) is 0 Å². The normalized spacial score (nSPS) is 10.6. The number of hydrogen-bond acceptors (Lipinski definition) is 4. The minimum absolute atomic E-state index is 0. The summed E-state index contributed by atoms with van der Waals surface area (Å²) in [6, 6.07) is 0. The molecule has 0 fully saturated rings. The highest BCUT2D eigenvalue weighted by Crippen LogP contribution is 1.90. The fourth-order valence-electron chi connectivity index (χ4n) is 0. The van der Waals surface area contributed by atoms with Gasteiger partial charge in [-0.2, -0.15) is 0 Å². The molecular formula is C6H7Cl2O4-. The van der Waals surface area contributed by atoms with Crippen LogP contribution in [-0.2, 0) is 9.59 Å². The summed E-state index contributed by atoms with van der Waals surface area (Å²) in [5, 5.41) is 17.5. The van der Waals surface area contributed by atoms with Crippen molar-refractivity contribution in [2.45, 2.75) is 12.3 Å². The van der Waals surface area contributed by atoms with E-state index < -0.39 is 22.3 Å². The zero-order valence-corrected chi connectivity index (χ0v) is 7.69. The average molecular weight is 214 g/mol. The highest BCUT2D eigenvalue weighted by atomic mass is 35.5. The third kappa shape index (κ3) is 12.0. The van der Waals surface area contributed by atoms with Crippen LogP contribution >= 0.6 is 23.2 Å². The Bertz CT molecular complexity index is 181. The van der Waals surface area contributed by atoms with Gasteiger partial charge in [-0.1, -0.05) is 18.2 Å². The van der Waals surface area contributed by atoms with Crippen LogP contribution < -0.4 is 10.2 Å². The molecule has 0 amide bonds. The Kier molecular flexibility index (Phi) is 7.99. The maximum atomic E-state index is 9.46.